The second-order valence-corrected chi connectivity index (χ2v) is 7.89. The highest BCUT2D eigenvalue weighted by molar-refractivity contribution is 7.89. The van der Waals surface area contributed by atoms with E-state index in [-0.39, 0.29) is 34.1 Å². The number of benzene rings is 1. The Bertz CT molecular complexity index is 1010. The van der Waals surface area contributed by atoms with Gasteiger partial charge in [0.15, 0.2) is 0 Å². The van der Waals surface area contributed by atoms with Gasteiger partial charge < -0.3 is 9.32 Å². The van der Waals surface area contributed by atoms with Gasteiger partial charge in [-0.3, -0.25) is 20.2 Å². The summed E-state index contributed by atoms with van der Waals surface area (Å²) in [6.45, 7) is 2.38. The molecule has 1 aliphatic rings. The number of carbonyl (C=O) groups excluding carboxylic acids is 1. The molecule has 13 heteroatoms. The van der Waals surface area contributed by atoms with E-state index in [1.54, 1.807) is 11.8 Å². The number of aromatic nitrogens is 2. The van der Waals surface area contributed by atoms with Gasteiger partial charge in [0.25, 0.3) is 5.69 Å². The largest absolute Gasteiger partial charge is 0.408 e. The summed E-state index contributed by atoms with van der Waals surface area (Å²) in [5.41, 5.74) is -0.0699. The van der Waals surface area contributed by atoms with Crippen LogP contribution in [0.4, 0.5) is 17.4 Å². The van der Waals surface area contributed by atoms with Crippen molar-refractivity contribution in [3.8, 4) is 0 Å². The fraction of sp³-hybridized carbons (Fsp3) is 0.400. The molecule has 0 saturated carbocycles. The number of aryl methyl sites for hydroxylation is 1. The molecule has 1 fully saturated rings. The van der Waals surface area contributed by atoms with Gasteiger partial charge in [0, 0.05) is 32.0 Å². The number of nitro benzene ring substituents is 1. The van der Waals surface area contributed by atoms with E-state index in [4.69, 9.17) is 9.56 Å². The van der Waals surface area contributed by atoms with E-state index in [2.05, 4.69) is 15.5 Å². The van der Waals surface area contributed by atoms with E-state index in [0.717, 1.165) is 6.07 Å². The monoisotopic (exact) mass is 410 g/mol. The normalized spacial score (nSPS) is 15.4. The summed E-state index contributed by atoms with van der Waals surface area (Å²) >= 11 is 0. The number of anilines is 2. The number of sulfonamides is 1. The van der Waals surface area contributed by atoms with Crippen molar-refractivity contribution in [2.75, 3.05) is 23.3 Å². The lowest BCUT2D eigenvalue weighted by Gasteiger charge is -2.32. The van der Waals surface area contributed by atoms with Crippen molar-refractivity contribution >= 4 is 33.3 Å². The maximum absolute atomic E-state index is 12.3. The van der Waals surface area contributed by atoms with Crippen molar-refractivity contribution < 1.29 is 22.6 Å². The number of nitrogens with one attached hydrogen (secondary N) is 1. The molecule has 12 nitrogen and oxygen atoms in total. The number of primary sulfonamides is 1. The summed E-state index contributed by atoms with van der Waals surface area (Å²) < 4.78 is 28.0. The number of amides is 1. The Morgan fingerprint density at radius 1 is 1.36 bits per heavy atom. The Morgan fingerprint density at radius 2 is 2.04 bits per heavy atom. The summed E-state index contributed by atoms with van der Waals surface area (Å²) in [5, 5.41) is 26.3. The molecule has 3 N–H and O–H groups in total. The van der Waals surface area contributed by atoms with Crippen molar-refractivity contribution in [2.45, 2.75) is 24.7 Å². The van der Waals surface area contributed by atoms with Gasteiger partial charge in [-0.2, -0.15) is 0 Å². The van der Waals surface area contributed by atoms with Gasteiger partial charge in [0.1, 0.15) is 5.69 Å². The summed E-state index contributed by atoms with van der Waals surface area (Å²) in [7, 11) is -4.05. The molecule has 0 spiro atoms. The second kappa shape index (κ2) is 7.52. The number of hydrogen-bond acceptors (Lipinski definition) is 9. The molecule has 0 bridgehead atoms. The Kier molecular flexibility index (Phi) is 5.29. The summed E-state index contributed by atoms with van der Waals surface area (Å²) in [4.78, 5) is 24.4. The minimum atomic E-state index is -4.05. The average Bonchev–Trinajstić information content (AvgIpc) is 3.05. The third-order valence-electron chi connectivity index (χ3n) is 4.43. The van der Waals surface area contributed by atoms with E-state index >= 15 is 0 Å². The number of nitro groups is 1. The molecule has 1 aromatic heterocycles. The lowest BCUT2D eigenvalue weighted by molar-refractivity contribution is -0.384. The molecule has 0 atom stereocenters. The minimum Gasteiger partial charge on any atom is -0.408 e. The number of rotatable bonds is 5. The molecule has 2 heterocycles. The maximum Gasteiger partial charge on any atom is 0.322 e. The first-order chi connectivity index (χ1) is 13.1. The minimum absolute atomic E-state index is 0.0270. The third kappa shape index (κ3) is 4.26. The van der Waals surface area contributed by atoms with Gasteiger partial charge in [0.05, 0.1) is 9.82 Å². The number of nitrogens with zero attached hydrogens (tertiary/aromatic N) is 4. The van der Waals surface area contributed by atoms with E-state index in [1.165, 1.54) is 12.1 Å². The van der Waals surface area contributed by atoms with Crippen LogP contribution >= 0.6 is 0 Å². The molecule has 1 aromatic carbocycles. The number of hydrogen-bond donors (Lipinski definition) is 2. The highest BCUT2D eigenvalue weighted by Gasteiger charge is 2.29. The summed E-state index contributed by atoms with van der Waals surface area (Å²) in [6, 6.07) is 3.56. The molecule has 1 amide bonds. The predicted molar refractivity (Wildman–Crippen MR) is 97.1 cm³/mol. The van der Waals surface area contributed by atoms with Crippen LogP contribution in [0.25, 0.3) is 0 Å². The zero-order chi connectivity index (χ0) is 20.5. The SMILES string of the molecule is Cc1nnc(NC(=O)C2CCN(c3ccc(S(N)(=O)=O)cc3[N+](=O)[O-])CC2)o1. The quantitative estimate of drug-likeness (QED) is 0.533. The second-order valence-electron chi connectivity index (χ2n) is 6.33. The van der Waals surface area contributed by atoms with Crippen LogP contribution in [0.5, 0.6) is 0 Å². The topological polar surface area (TPSA) is 175 Å². The van der Waals surface area contributed by atoms with Crippen molar-refractivity contribution in [1.82, 2.24) is 10.2 Å². The van der Waals surface area contributed by atoms with E-state index < -0.39 is 14.9 Å². The van der Waals surface area contributed by atoms with Crippen LogP contribution in [0.1, 0.15) is 18.7 Å². The fourth-order valence-electron chi connectivity index (χ4n) is 3.03. The van der Waals surface area contributed by atoms with Crippen LogP contribution < -0.4 is 15.4 Å². The van der Waals surface area contributed by atoms with Crippen LogP contribution in [0.2, 0.25) is 0 Å². The molecule has 0 unspecified atom stereocenters. The fourth-order valence-corrected chi connectivity index (χ4v) is 3.56. The van der Waals surface area contributed by atoms with E-state index in [9.17, 15) is 23.3 Å². The number of carbonyl (C=O) groups is 1. The zero-order valence-corrected chi connectivity index (χ0v) is 15.7. The molecule has 0 aliphatic carbocycles. The van der Waals surface area contributed by atoms with E-state index in [1.807, 2.05) is 0 Å². The van der Waals surface area contributed by atoms with Crippen LogP contribution in [-0.2, 0) is 14.8 Å². The van der Waals surface area contributed by atoms with Crippen LogP contribution in [-0.4, -0.2) is 42.5 Å². The highest BCUT2D eigenvalue weighted by Crippen LogP contribution is 2.33. The zero-order valence-electron chi connectivity index (χ0n) is 14.9. The molecule has 150 valence electrons. The Morgan fingerprint density at radius 3 is 2.57 bits per heavy atom. The molecular formula is C15H18N6O6S. The molecule has 1 aliphatic heterocycles. The van der Waals surface area contributed by atoms with Crippen LogP contribution in [0, 0.1) is 23.0 Å². The summed E-state index contributed by atoms with van der Waals surface area (Å²) in [5.74, 6) is -0.242. The Hall–Kier alpha value is -3.06. The predicted octanol–water partition coefficient (Wildman–Crippen LogP) is 0.789. The van der Waals surface area contributed by atoms with Gasteiger partial charge in [-0.25, -0.2) is 13.6 Å². The molecule has 2 aromatic rings. The van der Waals surface area contributed by atoms with Gasteiger partial charge in [0.2, 0.25) is 21.8 Å². The first kappa shape index (κ1) is 19.7. The number of nitrogens with two attached hydrogens (primary N) is 1. The lowest BCUT2D eigenvalue weighted by atomic mass is 9.95. The molecule has 28 heavy (non-hydrogen) atoms. The standard InChI is InChI=1S/C15H18N6O6S/c1-9-18-19-15(27-9)17-14(22)10-4-6-20(7-5-10)12-3-2-11(28(16,25)26)8-13(12)21(23)24/h2-3,8,10H,4-7H2,1H3,(H2,16,25,26)(H,17,19,22). The van der Waals surface area contributed by atoms with Crippen molar-refractivity contribution in [3.63, 3.8) is 0 Å². The first-order valence-corrected chi connectivity index (χ1v) is 9.87. The third-order valence-corrected chi connectivity index (χ3v) is 5.35. The van der Waals surface area contributed by atoms with Gasteiger partial charge >= 0.3 is 6.01 Å². The van der Waals surface area contributed by atoms with E-state index in [0.29, 0.717) is 31.8 Å². The molecule has 3 rings (SSSR count). The summed E-state index contributed by atoms with van der Waals surface area (Å²) in [6.07, 6.45) is 0.903. The van der Waals surface area contributed by atoms with Gasteiger partial charge in [-0.15, -0.1) is 5.10 Å². The lowest BCUT2D eigenvalue weighted by Crippen LogP contribution is -2.38. The molecule has 0 radical (unpaired) electrons. The Balaban J connectivity index is 1.70. The smallest absolute Gasteiger partial charge is 0.322 e. The highest BCUT2D eigenvalue weighted by atomic mass is 32.2. The maximum atomic E-state index is 12.3. The van der Waals surface area contributed by atoms with Gasteiger partial charge in [-0.1, -0.05) is 5.10 Å². The van der Waals surface area contributed by atoms with Crippen LogP contribution in [0.3, 0.4) is 0 Å². The number of piperidine rings is 1. The first-order valence-electron chi connectivity index (χ1n) is 8.32. The van der Waals surface area contributed by atoms with Crippen LogP contribution in [0.15, 0.2) is 27.5 Å². The Labute approximate surface area is 159 Å². The van der Waals surface area contributed by atoms with Crippen molar-refractivity contribution in [3.05, 3.63) is 34.2 Å². The van der Waals surface area contributed by atoms with Gasteiger partial charge in [-0.05, 0) is 25.0 Å². The average molecular weight is 410 g/mol. The molecule has 1 saturated heterocycles. The van der Waals surface area contributed by atoms with Crippen molar-refractivity contribution in [1.29, 1.82) is 0 Å². The molecular weight excluding hydrogens is 392 g/mol. The van der Waals surface area contributed by atoms with Crippen molar-refractivity contribution in [2.24, 2.45) is 11.1 Å².